The highest BCUT2D eigenvalue weighted by Crippen LogP contribution is 2.18. The lowest BCUT2D eigenvalue weighted by Gasteiger charge is -2.32. The number of nitrogens with one attached hydrogen (secondary N) is 1. The summed E-state index contributed by atoms with van der Waals surface area (Å²) in [5.74, 6) is 0.639. The maximum atomic E-state index is 11.7. The van der Waals surface area contributed by atoms with Crippen LogP contribution < -0.4 is 5.32 Å². The van der Waals surface area contributed by atoms with Crippen LogP contribution in [-0.4, -0.2) is 63.6 Å². The number of rotatable bonds is 4. The third-order valence-corrected chi connectivity index (χ3v) is 7.57. The number of hydrogen-bond donors (Lipinski definition) is 1. The second kappa shape index (κ2) is 5.67. The number of hydrogen-bond acceptors (Lipinski definition) is 5. The van der Waals surface area contributed by atoms with Gasteiger partial charge in [-0.25, -0.2) is 21.1 Å². The van der Waals surface area contributed by atoms with Gasteiger partial charge in [-0.3, -0.25) is 0 Å². The van der Waals surface area contributed by atoms with Crippen LogP contribution in [0.5, 0.6) is 0 Å². The lowest BCUT2D eigenvalue weighted by Crippen LogP contribution is -2.48. The predicted octanol–water partition coefficient (Wildman–Crippen LogP) is -0.423. The first-order valence-electron chi connectivity index (χ1n) is 6.77. The second-order valence-electron chi connectivity index (χ2n) is 5.34. The average molecular weight is 310 g/mol. The maximum absolute atomic E-state index is 11.7. The molecule has 2 saturated heterocycles. The summed E-state index contributed by atoms with van der Waals surface area (Å²) in [6, 6.07) is 0.283. The van der Waals surface area contributed by atoms with Crippen molar-refractivity contribution in [3.05, 3.63) is 0 Å². The summed E-state index contributed by atoms with van der Waals surface area (Å²) < 4.78 is 47.7. The molecule has 6 nitrogen and oxygen atoms in total. The third kappa shape index (κ3) is 3.90. The van der Waals surface area contributed by atoms with E-state index < -0.39 is 19.9 Å². The van der Waals surface area contributed by atoms with Crippen molar-refractivity contribution in [2.45, 2.75) is 38.3 Å². The predicted molar refractivity (Wildman–Crippen MR) is 74.3 cm³/mol. The Morgan fingerprint density at radius 2 is 1.79 bits per heavy atom. The van der Waals surface area contributed by atoms with Gasteiger partial charge in [-0.2, -0.15) is 0 Å². The van der Waals surface area contributed by atoms with Gasteiger partial charge in [-0.05, 0) is 26.2 Å². The summed E-state index contributed by atoms with van der Waals surface area (Å²) in [5.41, 5.74) is 0. The molecule has 2 heterocycles. The highest BCUT2D eigenvalue weighted by molar-refractivity contribution is 7.91. The molecule has 0 saturated carbocycles. The summed E-state index contributed by atoms with van der Waals surface area (Å²) in [6.45, 7) is 2.73. The number of piperidine rings is 1. The van der Waals surface area contributed by atoms with Gasteiger partial charge in [0.2, 0.25) is 10.0 Å². The summed E-state index contributed by atoms with van der Waals surface area (Å²) in [4.78, 5) is 0. The first-order chi connectivity index (χ1) is 8.82. The zero-order valence-corrected chi connectivity index (χ0v) is 12.8. The van der Waals surface area contributed by atoms with Crippen LogP contribution in [-0.2, 0) is 19.9 Å². The van der Waals surface area contributed by atoms with Gasteiger partial charge in [0.1, 0.15) is 0 Å². The molecular weight excluding hydrogens is 288 g/mol. The topological polar surface area (TPSA) is 83.6 Å². The van der Waals surface area contributed by atoms with Gasteiger partial charge in [-0.1, -0.05) is 0 Å². The van der Waals surface area contributed by atoms with Gasteiger partial charge in [0.25, 0.3) is 0 Å². The second-order valence-corrected chi connectivity index (χ2v) is 9.83. The lowest BCUT2D eigenvalue weighted by atomic mass is 10.1. The summed E-state index contributed by atoms with van der Waals surface area (Å²) in [6.07, 6.45) is 2.20. The van der Waals surface area contributed by atoms with E-state index in [0.29, 0.717) is 19.5 Å². The molecule has 1 N–H and O–H groups in total. The molecule has 2 rings (SSSR count). The largest absolute Gasteiger partial charge is 0.310 e. The summed E-state index contributed by atoms with van der Waals surface area (Å²) in [7, 11) is -5.93. The maximum Gasteiger partial charge on any atom is 0.213 e. The number of sulfonamides is 1. The highest BCUT2D eigenvalue weighted by atomic mass is 32.2. The van der Waals surface area contributed by atoms with Gasteiger partial charge in [0.05, 0.1) is 17.3 Å². The molecule has 112 valence electrons. The molecule has 19 heavy (non-hydrogen) atoms. The average Bonchev–Trinajstić information content (AvgIpc) is 2.69. The van der Waals surface area contributed by atoms with Gasteiger partial charge in [-0.15, -0.1) is 0 Å². The molecule has 0 spiro atoms. The fourth-order valence-electron chi connectivity index (χ4n) is 2.74. The van der Waals surface area contributed by atoms with E-state index in [0.717, 1.165) is 12.8 Å². The van der Waals surface area contributed by atoms with E-state index in [1.165, 1.54) is 4.31 Å². The number of sulfone groups is 1. The Morgan fingerprint density at radius 1 is 1.16 bits per heavy atom. The molecule has 2 aliphatic heterocycles. The minimum atomic E-state index is -3.08. The Morgan fingerprint density at radius 3 is 2.26 bits per heavy atom. The van der Waals surface area contributed by atoms with Gasteiger partial charge in [0.15, 0.2) is 9.84 Å². The minimum absolute atomic E-state index is 0.0457. The van der Waals surface area contributed by atoms with Crippen LogP contribution in [0.1, 0.15) is 26.2 Å². The fourth-order valence-corrected chi connectivity index (χ4v) is 5.56. The van der Waals surface area contributed by atoms with Crippen LogP contribution in [0.25, 0.3) is 0 Å². The lowest BCUT2D eigenvalue weighted by molar-refractivity contribution is 0.277. The van der Waals surface area contributed by atoms with Crippen LogP contribution in [0.15, 0.2) is 0 Å². The molecule has 2 fully saturated rings. The standard InChI is InChI=1S/C11H22N2O4S2/c1-2-19(16,17)13-6-3-10(4-7-13)12-11-5-8-18(14,15)9-11/h10-12H,2-9H2,1H3. The summed E-state index contributed by atoms with van der Waals surface area (Å²) >= 11 is 0. The van der Waals surface area contributed by atoms with Crippen molar-refractivity contribution in [2.75, 3.05) is 30.3 Å². The molecule has 0 radical (unpaired) electrons. The molecule has 0 aromatic rings. The Bertz CT molecular complexity index is 507. The van der Waals surface area contributed by atoms with E-state index in [4.69, 9.17) is 0 Å². The first kappa shape index (κ1) is 15.2. The monoisotopic (exact) mass is 310 g/mol. The molecule has 0 aromatic carbocycles. The quantitative estimate of drug-likeness (QED) is 0.762. The van der Waals surface area contributed by atoms with Crippen LogP contribution in [0.2, 0.25) is 0 Å². The van der Waals surface area contributed by atoms with Gasteiger partial charge < -0.3 is 5.32 Å². The van der Waals surface area contributed by atoms with E-state index in [-0.39, 0.29) is 29.3 Å². The molecule has 1 unspecified atom stereocenters. The van der Waals surface area contributed by atoms with Gasteiger partial charge in [0, 0.05) is 25.2 Å². The van der Waals surface area contributed by atoms with Gasteiger partial charge >= 0.3 is 0 Å². The molecule has 0 aliphatic carbocycles. The van der Waals surface area contributed by atoms with E-state index in [1.54, 1.807) is 6.92 Å². The van der Waals surface area contributed by atoms with Crippen molar-refractivity contribution in [2.24, 2.45) is 0 Å². The Balaban J connectivity index is 1.81. The van der Waals surface area contributed by atoms with E-state index in [2.05, 4.69) is 5.32 Å². The molecule has 0 bridgehead atoms. The van der Waals surface area contributed by atoms with Crippen molar-refractivity contribution < 1.29 is 16.8 Å². The van der Waals surface area contributed by atoms with Crippen LogP contribution in [0.3, 0.4) is 0 Å². The zero-order valence-electron chi connectivity index (χ0n) is 11.2. The third-order valence-electron chi connectivity index (χ3n) is 3.92. The van der Waals surface area contributed by atoms with Crippen LogP contribution in [0.4, 0.5) is 0 Å². The highest BCUT2D eigenvalue weighted by Gasteiger charge is 2.32. The molecule has 8 heteroatoms. The zero-order chi connectivity index (χ0) is 14.1. The molecule has 0 aromatic heterocycles. The Kier molecular flexibility index (Phi) is 4.54. The number of nitrogens with zero attached hydrogens (tertiary/aromatic N) is 1. The SMILES string of the molecule is CCS(=O)(=O)N1CCC(NC2CCS(=O)(=O)C2)CC1. The summed E-state index contributed by atoms with van der Waals surface area (Å²) in [5, 5.41) is 3.36. The first-order valence-corrected chi connectivity index (χ1v) is 10.2. The van der Waals surface area contributed by atoms with Crippen molar-refractivity contribution in [1.29, 1.82) is 0 Å². The van der Waals surface area contributed by atoms with E-state index in [9.17, 15) is 16.8 Å². The van der Waals surface area contributed by atoms with Crippen molar-refractivity contribution in [1.82, 2.24) is 9.62 Å². The smallest absolute Gasteiger partial charge is 0.213 e. The molecule has 2 aliphatic rings. The van der Waals surface area contributed by atoms with Crippen molar-refractivity contribution in [3.8, 4) is 0 Å². The Labute approximate surface area is 115 Å². The molecular formula is C11H22N2O4S2. The Hall–Kier alpha value is -0.180. The molecule has 1 atom stereocenters. The minimum Gasteiger partial charge on any atom is -0.310 e. The van der Waals surface area contributed by atoms with Crippen LogP contribution >= 0.6 is 0 Å². The fraction of sp³-hybridized carbons (Fsp3) is 1.00. The molecule has 0 amide bonds. The normalized spacial score (nSPS) is 29.6. The van der Waals surface area contributed by atoms with E-state index >= 15 is 0 Å². The van der Waals surface area contributed by atoms with E-state index in [1.807, 2.05) is 0 Å². The van der Waals surface area contributed by atoms with Crippen molar-refractivity contribution >= 4 is 19.9 Å². The van der Waals surface area contributed by atoms with Crippen molar-refractivity contribution in [3.63, 3.8) is 0 Å². The van der Waals surface area contributed by atoms with Crippen LogP contribution in [0, 0.1) is 0 Å².